The van der Waals surface area contributed by atoms with E-state index in [9.17, 15) is 0 Å². The molecule has 2 aromatic carbocycles. The van der Waals surface area contributed by atoms with Crippen LogP contribution in [0.3, 0.4) is 0 Å². The molecule has 0 saturated carbocycles. The molecule has 2 aromatic rings. The third-order valence-corrected chi connectivity index (χ3v) is 10.3. The molecule has 0 aliphatic rings. The summed E-state index contributed by atoms with van der Waals surface area (Å²) in [6.45, 7) is 0. The van der Waals surface area contributed by atoms with E-state index in [1.54, 1.807) is 0 Å². The van der Waals surface area contributed by atoms with Gasteiger partial charge in [0.05, 0.1) is 0 Å². The fourth-order valence-corrected chi connectivity index (χ4v) is 7.47. The summed E-state index contributed by atoms with van der Waals surface area (Å²) in [5.41, 5.74) is 0. The van der Waals surface area contributed by atoms with Gasteiger partial charge in [0.1, 0.15) is 0 Å². The Morgan fingerprint density at radius 2 is 1.28 bits per heavy atom. The molecule has 0 fully saturated rings. The third-order valence-electron chi connectivity index (χ3n) is 2.61. The summed E-state index contributed by atoms with van der Waals surface area (Å²) in [7, 11) is 0. The fraction of sp³-hybridized carbons (Fsp3) is 0. The maximum atomic E-state index is 5.98. The summed E-state index contributed by atoms with van der Waals surface area (Å²) in [5, 5.41) is 2.29. The van der Waals surface area contributed by atoms with Crippen LogP contribution in [0.1, 0.15) is 0 Å². The van der Waals surface area contributed by atoms with Crippen molar-refractivity contribution in [3.8, 4) is 4.20 Å². The monoisotopic (exact) mass is 457 g/mol. The van der Waals surface area contributed by atoms with Crippen molar-refractivity contribution in [2.75, 3.05) is 0 Å². The predicted octanol–water partition coefficient (Wildman–Crippen LogP) is 2.95. The molecule has 0 bridgehead atoms. The van der Waals surface area contributed by atoms with E-state index < -0.39 is 6.04 Å². The maximum absolute atomic E-state index is 5.98. The molecule has 0 unspecified atom stereocenters. The summed E-state index contributed by atoms with van der Waals surface area (Å²) in [6.07, 6.45) is 0. The first-order chi connectivity index (χ1) is 8.69. The normalized spacial score (nSPS) is 10.6. The second kappa shape index (κ2) is 6.20. The van der Waals surface area contributed by atoms with E-state index in [0.717, 1.165) is 15.2 Å². The van der Waals surface area contributed by atoms with E-state index in [1.807, 2.05) is 36.4 Å². The molecule has 2 rings (SSSR count). The minimum atomic E-state index is -2.04. The van der Waals surface area contributed by atoms with Crippen LogP contribution in [-0.4, -0.2) is 4.61 Å². The van der Waals surface area contributed by atoms with Gasteiger partial charge < -0.3 is 0 Å². The van der Waals surface area contributed by atoms with Crippen LogP contribution in [0, 0.1) is 4.20 Å². The van der Waals surface area contributed by atoms with Crippen LogP contribution in [0.5, 0.6) is 0 Å². The number of rotatable bonds is 3. The van der Waals surface area contributed by atoms with Crippen LogP contribution < -0.4 is 10.6 Å². The van der Waals surface area contributed by atoms with Crippen LogP contribution in [0.15, 0.2) is 60.7 Å². The topological polar surface area (TPSA) is 0 Å². The van der Waals surface area contributed by atoms with Gasteiger partial charge in [-0.25, -0.2) is 0 Å². The van der Waals surface area contributed by atoms with Gasteiger partial charge in [-0.3, -0.25) is 0 Å². The first kappa shape index (κ1) is 14.1. The number of benzene rings is 2. The zero-order valence-electron chi connectivity index (χ0n) is 9.45. The Hall–Kier alpha value is -0.352. The molecule has 0 nitrogen and oxygen atoms in total. The second-order valence-corrected chi connectivity index (χ2v) is 9.47. The molecule has 4 heteroatoms. The van der Waals surface area contributed by atoms with Crippen molar-refractivity contribution in [2.24, 2.45) is 0 Å². The van der Waals surface area contributed by atoms with Crippen molar-refractivity contribution in [3.63, 3.8) is 0 Å². The van der Waals surface area contributed by atoms with E-state index in [2.05, 4.69) is 28.5 Å². The molecule has 0 aliphatic heterocycles. The van der Waals surface area contributed by atoms with E-state index in [0.29, 0.717) is 0 Å². The van der Waals surface area contributed by atoms with Gasteiger partial charge in [0.25, 0.3) is 0 Å². The molecule has 18 heavy (non-hydrogen) atoms. The van der Waals surface area contributed by atoms with Crippen LogP contribution in [0.4, 0.5) is 0 Å². The van der Waals surface area contributed by atoms with Crippen molar-refractivity contribution < 1.29 is 19.2 Å². The molecule has 89 valence electrons. The van der Waals surface area contributed by atoms with E-state index >= 15 is 0 Å². The van der Waals surface area contributed by atoms with Crippen molar-refractivity contribution in [3.05, 3.63) is 60.7 Å². The summed E-state index contributed by atoms with van der Waals surface area (Å²) < 4.78 is 3.96. The Labute approximate surface area is 128 Å². The quantitative estimate of drug-likeness (QED) is 0.514. The molecule has 0 aromatic heterocycles. The summed E-state index contributed by atoms with van der Waals surface area (Å²) in [4.78, 5) is 0. The Balaban J connectivity index is 2.68. The number of hydrogen-bond acceptors (Lipinski definition) is 2. The van der Waals surface area contributed by atoms with Gasteiger partial charge in [0, 0.05) is 0 Å². The van der Waals surface area contributed by atoms with Crippen molar-refractivity contribution in [2.45, 2.75) is 0 Å². The summed E-state index contributed by atoms with van der Waals surface area (Å²) >= 11 is 12.7. The zero-order chi connectivity index (χ0) is 13.0. The minimum absolute atomic E-state index is 0.796. The first-order valence-electron chi connectivity index (χ1n) is 5.33. The average molecular weight is 457 g/mol. The van der Waals surface area contributed by atoms with Crippen molar-refractivity contribution in [1.29, 1.82) is 0 Å². The van der Waals surface area contributed by atoms with Crippen LogP contribution in [0.2, 0.25) is 0 Å². The van der Waals surface area contributed by atoms with Gasteiger partial charge in [0.15, 0.2) is 0 Å². The van der Waals surface area contributed by atoms with E-state index in [-0.39, 0.29) is 0 Å². The molecule has 0 amide bonds. The van der Waals surface area contributed by atoms with Crippen LogP contribution >= 0.6 is 18.3 Å². The molecule has 0 N–H and O–H groups in total. The molecular formula is C14H10PS2W. The first-order valence-corrected chi connectivity index (χ1v) is 10.0. The summed E-state index contributed by atoms with van der Waals surface area (Å²) in [5.74, 6) is 0. The Morgan fingerprint density at radius 3 is 1.61 bits per heavy atom. The Kier molecular flexibility index (Phi) is 4.84. The van der Waals surface area contributed by atoms with Crippen molar-refractivity contribution in [1.82, 2.24) is 0 Å². The molecular weight excluding hydrogens is 447 g/mol. The van der Waals surface area contributed by atoms with E-state index in [1.165, 1.54) is 19.2 Å². The van der Waals surface area contributed by atoms with Gasteiger partial charge >= 0.3 is 129 Å². The number of hydrogen-bond donors (Lipinski definition) is 0. The molecule has 0 spiro atoms. The Bertz CT molecular complexity index is 601. The summed E-state index contributed by atoms with van der Waals surface area (Å²) in [6, 6.07) is 18.3. The van der Waals surface area contributed by atoms with Gasteiger partial charge in [-0.05, 0) is 0 Å². The van der Waals surface area contributed by atoms with Crippen LogP contribution in [-0.2, 0) is 31.0 Å². The molecule has 0 radical (unpaired) electrons. The SMILES string of the molecule is S=C([C]#[W])P(=S)(c1ccccc1)c1ccccc1. The van der Waals surface area contributed by atoms with Crippen molar-refractivity contribution >= 4 is 45.3 Å². The molecule has 0 heterocycles. The average Bonchev–Trinajstić information content (AvgIpc) is 2.47. The fourth-order valence-electron chi connectivity index (χ4n) is 1.72. The molecule has 0 saturated heterocycles. The Morgan fingerprint density at radius 1 is 0.889 bits per heavy atom. The molecule has 0 aliphatic carbocycles. The second-order valence-electron chi connectivity index (χ2n) is 3.69. The van der Waals surface area contributed by atoms with Gasteiger partial charge in [-0.1, -0.05) is 0 Å². The van der Waals surface area contributed by atoms with Gasteiger partial charge in [-0.15, -0.1) is 0 Å². The van der Waals surface area contributed by atoms with E-state index in [4.69, 9.17) is 24.0 Å². The van der Waals surface area contributed by atoms with Gasteiger partial charge in [0.2, 0.25) is 0 Å². The van der Waals surface area contributed by atoms with Crippen LogP contribution in [0.25, 0.3) is 0 Å². The predicted molar refractivity (Wildman–Crippen MR) is 82.9 cm³/mol. The third kappa shape index (κ3) is 2.64. The molecule has 0 atom stereocenters. The zero-order valence-corrected chi connectivity index (χ0v) is 14.9. The standard InChI is InChI=1S/C14H10PS2.W/c1-12(16)15(17,13-8-4-2-5-9-13)14-10-6-3-7-11-14;/h2-11H;. The number of thiocarbonyl (C=S) groups is 1. The van der Waals surface area contributed by atoms with Gasteiger partial charge in [-0.2, -0.15) is 0 Å².